The first-order valence-electron chi connectivity index (χ1n) is 8.60. The van der Waals surface area contributed by atoms with Gasteiger partial charge in [-0.25, -0.2) is 0 Å². The first-order chi connectivity index (χ1) is 11.7. The van der Waals surface area contributed by atoms with Crippen LogP contribution in [-0.2, 0) is 6.42 Å². The van der Waals surface area contributed by atoms with Crippen LogP contribution in [0.25, 0.3) is 0 Å². The summed E-state index contributed by atoms with van der Waals surface area (Å²) in [4.78, 5) is 6.82. The van der Waals surface area contributed by atoms with Crippen molar-refractivity contribution in [2.75, 3.05) is 40.4 Å². The molecular weight excluding hydrogens is 433 g/mol. The number of β-amino-alcohol motifs (C(OH)–C–C–N with tert-alkyl or cyclic N) is 1. The van der Waals surface area contributed by atoms with E-state index < -0.39 is 0 Å². The van der Waals surface area contributed by atoms with Gasteiger partial charge >= 0.3 is 0 Å². The van der Waals surface area contributed by atoms with Gasteiger partial charge in [-0.3, -0.25) is 4.99 Å². The van der Waals surface area contributed by atoms with E-state index in [1.54, 1.807) is 14.2 Å². The Kier molecular flexibility index (Phi) is 9.96. The van der Waals surface area contributed by atoms with E-state index in [9.17, 15) is 5.11 Å². The SMILES string of the molecule is CCNC(=NCCCc1ccc(OC)c(OC)c1)N1CC[C@@H](O)C1.I. The van der Waals surface area contributed by atoms with E-state index in [4.69, 9.17) is 9.47 Å². The van der Waals surface area contributed by atoms with Gasteiger partial charge in [0.2, 0.25) is 0 Å². The zero-order chi connectivity index (χ0) is 17.4. The van der Waals surface area contributed by atoms with Crippen molar-refractivity contribution in [3.63, 3.8) is 0 Å². The minimum absolute atomic E-state index is 0. The predicted molar refractivity (Wildman–Crippen MR) is 111 cm³/mol. The second-order valence-electron chi connectivity index (χ2n) is 5.92. The maximum absolute atomic E-state index is 9.68. The first kappa shape index (κ1) is 21.8. The lowest BCUT2D eigenvalue weighted by Gasteiger charge is -2.20. The summed E-state index contributed by atoms with van der Waals surface area (Å²) in [5.41, 5.74) is 1.21. The van der Waals surface area contributed by atoms with Crippen LogP contribution in [0, 0.1) is 0 Å². The molecule has 1 saturated heterocycles. The first-order valence-corrected chi connectivity index (χ1v) is 8.60. The number of likely N-dealkylation sites (tertiary alicyclic amines) is 1. The number of rotatable bonds is 7. The highest BCUT2D eigenvalue weighted by Crippen LogP contribution is 2.27. The fourth-order valence-electron chi connectivity index (χ4n) is 2.86. The van der Waals surface area contributed by atoms with E-state index >= 15 is 0 Å². The fourth-order valence-corrected chi connectivity index (χ4v) is 2.86. The Morgan fingerprint density at radius 2 is 2.08 bits per heavy atom. The van der Waals surface area contributed by atoms with E-state index in [-0.39, 0.29) is 30.1 Å². The molecule has 1 atom stereocenters. The topological polar surface area (TPSA) is 66.3 Å². The van der Waals surface area contributed by atoms with Crippen molar-refractivity contribution < 1.29 is 14.6 Å². The Balaban J connectivity index is 0.00000312. The number of nitrogens with zero attached hydrogens (tertiary/aromatic N) is 2. The number of aliphatic hydroxyl groups is 1. The van der Waals surface area contributed by atoms with Crippen LogP contribution in [0.2, 0.25) is 0 Å². The molecule has 2 rings (SSSR count). The van der Waals surface area contributed by atoms with Gasteiger partial charge in [0.05, 0.1) is 20.3 Å². The molecule has 1 fully saturated rings. The Bertz CT molecular complexity index is 554. The maximum Gasteiger partial charge on any atom is 0.194 e. The molecule has 1 aliphatic heterocycles. The fraction of sp³-hybridized carbons (Fsp3) is 0.611. The smallest absolute Gasteiger partial charge is 0.194 e. The second-order valence-corrected chi connectivity index (χ2v) is 5.92. The number of methoxy groups -OCH3 is 2. The molecule has 0 aliphatic carbocycles. The number of aliphatic imine (C=N–C) groups is 1. The van der Waals surface area contributed by atoms with Crippen molar-refractivity contribution >= 4 is 29.9 Å². The van der Waals surface area contributed by atoms with Gasteiger partial charge in [-0.05, 0) is 43.9 Å². The minimum atomic E-state index is -0.236. The number of hydrogen-bond donors (Lipinski definition) is 2. The minimum Gasteiger partial charge on any atom is -0.493 e. The number of halogens is 1. The number of ether oxygens (including phenoxy) is 2. The summed E-state index contributed by atoms with van der Waals surface area (Å²) < 4.78 is 10.6. The lowest BCUT2D eigenvalue weighted by Crippen LogP contribution is -2.40. The van der Waals surface area contributed by atoms with Crippen molar-refractivity contribution in [1.82, 2.24) is 10.2 Å². The summed E-state index contributed by atoms with van der Waals surface area (Å²) in [5.74, 6) is 2.42. The highest BCUT2D eigenvalue weighted by molar-refractivity contribution is 14.0. The van der Waals surface area contributed by atoms with Gasteiger partial charge < -0.3 is 24.8 Å². The molecule has 1 aromatic rings. The van der Waals surface area contributed by atoms with Gasteiger partial charge in [-0.1, -0.05) is 6.07 Å². The molecule has 0 bridgehead atoms. The largest absolute Gasteiger partial charge is 0.493 e. The lowest BCUT2D eigenvalue weighted by molar-refractivity contribution is 0.188. The van der Waals surface area contributed by atoms with Crippen molar-refractivity contribution in [1.29, 1.82) is 0 Å². The Labute approximate surface area is 167 Å². The van der Waals surface area contributed by atoms with Crippen LogP contribution in [-0.4, -0.2) is 62.5 Å². The number of nitrogens with one attached hydrogen (secondary N) is 1. The van der Waals surface area contributed by atoms with Crippen LogP contribution in [0.15, 0.2) is 23.2 Å². The summed E-state index contributed by atoms with van der Waals surface area (Å²) in [6.45, 7) is 5.18. The molecule has 2 N–H and O–H groups in total. The van der Waals surface area contributed by atoms with E-state index in [0.29, 0.717) is 6.54 Å². The zero-order valence-electron chi connectivity index (χ0n) is 15.3. The predicted octanol–water partition coefficient (Wildman–Crippen LogP) is 2.29. The number of benzene rings is 1. The molecule has 1 aliphatic rings. The van der Waals surface area contributed by atoms with E-state index in [0.717, 1.165) is 56.4 Å². The molecule has 6 nitrogen and oxygen atoms in total. The Morgan fingerprint density at radius 1 is 1.32 bits per heavy atom. The standard InChI is InChI=1S/C18H29N3O3.HI/c1-4-19-18(21-11-9-15(22)13-21)20-10-5-6-14-7-8-16(23-2)17(12-14)24-3;/h7-8,12,15,22H,4-6,9-11,13H2,1-3H3,(H,19,20);1H/t15-;/m1./s1. The van der Waals surface area contributed by atoms with E-state index in [1.165, 1.54) is 5.56 Å². The molecule has 1 aromatic carbocycles. The third-order valence-electron chi connectivity index (χ3n) is 4.13. The third kappa shape index (κ3) is 6.54. The monoisotopic (exact) mass is 463 g/mol. The average Bonchev–Trinajstić information content (AvgIpc) is 3.03. The zero-order valence-corrected chi connectivity index (χ0v) is 17.7. The molecule has 1 heterocycles. The molecule has 0 saturated carbocycles. The lowest BCUT2D eigenvalue weighted by atomic mass is 10.1. The van der Waals surface area contributed by atoms with Crippen LogP contribution in [0.1, 0.15) is 25.3 Å². The normalized spacial score (nSPS) is 17.2. The third-order valence-corrected chi connectivity index (χ3v) is 4.13. The number of aliphatic hydroxyl groups excluding tert-OH is 1. The quantitative estimate of drug-likeness (QED) is 0.281. The summed E-state index contributed by atoms with van der Waals surface area (Å²) in [6.07, 6.45) is 2.48. The van der Waals surface area contributed by atoms with Gasteiger partial charge in [-0.2, -0.15) is 0 Å². The second kappa shape index (κ2) is 11.4. The summed E-state index contributed by atoms with van der Waals surface area (Å²) >= 11 is 0. The molecule has 7 heteroatoms. The van der Waals surface area contributed by atoms with Crippen molar-refractivity contribution in [2.45, 2.75) is 32.3 Å². The number of hydrogen-bond acceptors (Lipinski definition) is 4. The molecule has 0 amide bonds. The number of aryl methyl sites for hydroxylation is 1. The molecule has 0 unspecified atom stereocenters. The molecule has 0 aromatic heterocycles. The van der Waals surface area contributed by atoms with Gasteiger partial charge in [0.25, 0.3) is 0 Å². The highest BCUT2D eigenvalue weighted by Gasteiger charge is 2.22. The van der Waals surface area contributed by atoms with Crippen LogP contribution in [0.5, 0.6) is 11.5 Å². The van der Waals surface area contributed by atoms with Crippen LogP contribution < -0.4 is 14.8 Å². The summed E-state index contributed by atoms with van der Waals surface area (Å²) in [6, 6.07) is 6.02. The van der Waals surface area contributed by atoms with Crippen LogP contribution >= 0.6 is 24.0 Å². The van der Waals surface area contributed by atoms with Gasteiger partial charge in [0.15, 0.2) is 17.5 Å². The van der Waals surface area contributed by atoms with Crippen molar-refractivity contribution in [3.8, 4) is 11.5 Å². The van der Waals surface area contributed by atoms with Gasteiger partial charge in [-0.15, -0.1) is 24.0 Å². The van der Waals surface area contributed by atoms with Crippen LogP contribution in [0.3, 0.4) is 0 Å². The molecule has 142 valence electrons. The summed E-state index contributed by atoms with van der Waals surface area (Å²) in [7, 11) is 3.29. The van der Waals surface area contributed by atoms with Gasteiger partial charge in [0, 0.05) is 26.2 Å². The average molecular weight is 463 g/mol. The van der Waals surface area contributed by atoms with E-state index in [1.807, 2.05) is 12.1 Å². The molecule has 25 heavy (non-hydrogen) atoms. The highest BCUT2D eigenvalue weighted by atomic mass is 127. The Hall–Kier alpha value is -1.22. The summed E-state index contributed by atoms with van der Waals surface area (Å²) in [5, 5.41) is 13.0. The van der Waals surface area contributed by atoms with Crippen molar-refractivity contribution in [2.24, 2.45) is 4.99 Å². The molecule has 0 radical (unpaired) electrons. The van der Waals surface area contributed by atoms with Gasteiger partial charge in [0.1, 0.15) is 0 Å². The number of guanidine groups is 1. The molecule has 0 spiro atoms. The Morgan fingerprint density at radius 3 is 2.68 bits per heavy atom. The van der Waals surface area contributed by atoms with Crippen LogP contribution in [0.4, 0.5) is 0 Å². The van der Waals surface area contributed by atoms with Crippen molar-refractivity contribution in [3.05, 3.63) is 23.8 Å². The van der Waals surface area contributed by atoms with E-state index in [2.05, 4.69) is 28.2 Å². The maximum atomic E-state index is 9.68. The molecular formula is C18H30IN3O3.